The fraction of sp³-hybridized carbons (Fsp3) is 0.0769. The molecule has 9 heteroatoms. The van der Waals surface area contributed by atoms with Crippen molar-refractivity contribution in [2.24, 2.45) is 5.10 Å². The van der Waals surface area contributed by atoms with Gasteiger partial charge in [-0.2, -0.15) is 15.2 Å². The lowest BCUT2D eigenvalue weighted by Gasteiger charge is -2.11. The number of aromatic carboxylic acids is 1. The van der Waals surface area contributed by atoms with Crippen LogP contribution in [0.25, 0.3) is 22.5 Å². The molecule has 3 aromatic carbocycles. The first-order chi connectivity index (χ1) is 16.9. The molecule has 0 atom stereocenters. The van der Waals surface area contributed by atoms with Gasteiger partial charge in [0.2, 0.25) is 0 Å². The van der Waals surface area contributed by atoms with Gasteiger partial charge in [-0.1, -0.05) is 78.9 Å². The van der Waals surface area contributed by atoms with Gasteiger partial charge in [0, 0.05) is 16.7 Å². The van der Waals surface area contributed by atoms with Crippen molar-refractivity contribution in [2.75, 3.05) is 0 Å². The van der Waals surface area contributed by atoms with E-state index in [0.717, 1.165) is 15.8 Å². The highest BCUT2D eigenvalue weighted by Gasteiger charge is 2.16. The average molecular weight is 467 g/mol. The molecule has 0 saturated carbocycles. The Morgan fingerprint density at radius 1 is 0.857 bits per heavy atom. The van der Waals surface area contributed by atoms with E-state index < -0.39 is 24.1 Å². The number of benzene rings is 3. The summed E-state index contributed by atoms with van der Waals surface area (Å²) in [5.41, 5.74) is 4.75. The number of carboxylic acid groups (broad SMARTS) is 1. The molecule has 4 aromatic rings. The lowest BCUT2D eigenvalue weighted by molar-refractivity contribution is -0.121. The zero-order chi connectivity index (χ0) is 24.8. The number of rotatable bonds is 7. The Morgan fingerprint density at radius 2 is 1.40 bits per heavy atom. The van der Waals surface area contributed by atoms with E-state index in [1.807, 2.05) is 60.7 Å². The van der Waals surface area contributed by atoms with Gasteiger partial charge in [-0.05, 0) is 13.0 Å². The van der Waals surface area contributed by atoms with Crippen LogP contribution in [-0.4, -0.2) is 37.5 Å². The zero-order valence-electron chi connectivity index (χ0n) is 18.8. The number of carbonyl (C=O) groups excluding carboxylic acids is 1. The third-order valence-corrected chi connectivity index (χ3v) is 5.16. The van der Waals surface area contributed by atoms with Gasteiger partial charge in [-0.25, -0.2) is 19.7 Å². The van der Waals surface area contributed by atoms with Gasteiger partial charge in [-0.15, -0.1) is 0 Å². The smallest absolute Gasteiger partial charge is 0.365 e. The summed E-state index contributed by atoms with van der Waals surface area (Å²) in [7, 11) is 0. The number of amides is 1. The molecule has 0 bridgehead atoms. The molecule has 0 aliphatic rings. The Morgan fingerprint density at radius 3 is 2.00 bits per heavy atom. The second-order valence-corrected chi connectivity index (χ2v) is 7.56. The van der Waals surface area contributed by atoms with E-state index >= 15 is 0 Å². The number of hydrogen-bond acceptors (Lipinski definition) is 6. The van der Waals surface area contributed by atoms with E-state index in [-0.39, 0.29) is 5.56 Å². The summed E-state index contributed by atoms with van der Waals surface area (Å²) in [6.45, 7) is 1.16. The largest absolute Gasteiger partial charge is 0.478 e. The predicted molar refractivity (Wildman–Crippen MR) is 131 cm³/mol. The van der Waals surface area contributed by atoms with Crippen LogP contribution in [0.15, 0.2) is 94.8 Å². The summed E-state index contributed by atoms with van der Waals surface area (Å²) in [4.78, 5) is 40.9. The monoisotopic (exact) mass is 467 g/mol. The fourth-order valence-electron chi connectivity index (χ4n) is 3.47. The lowest BCUT2D eigenvalue weighted by atomic mass is 10.0. The second-order valence-electron chi connectivity index (χ2n) is 7.56. The molecule has 0 saturated heterocycles. The van der Waals surface area contributed by atoms with Crippen molar-refractivity contribution in [3.05, 3.63) is 107 Å². The van der Waals surface area contributed by atoms with Gasteiger partial charge < -0.3 is 5.11 Å². The number of carbonyl (C=O) groups is 2. The van der Waals surface area contributed by atoms with E-state index in [1.54, 1.807) is 25.1 Å². The van der Waals surface area contributed by atoms with E-state index in [2.05, 4.69) is 20.6 Å². The summed E-state index contributed by atoms with van der Waals surface area (Å²) in [5, 5.41) is 17.8. The summed E-state index contributed by atoms with van der Waals surface area (Å²) < 4.78 is 0.972. The Balaban J connectivity index is 1.62. The first kappa shape index (κ1) is 23.2. The van der Waals surface area contributed by atoms with Crippen LogP contribution in [0.1, 0.15) is 22.8 Å². The molecule has 0 radical (unpaired) electrons. The third kappa shape index (κ3) is 5.36. The Bertz CT molecular complexity index is 1460. The number of carboxylic acids is 1. The third-order valence-electron chi connectivity index (χ3n) is 5.16. The first-order valence-corrected chi connectivity index (χ1v) is 10.7. The molecular weight excluding hydrogens is 446 g/mol. The standard InChI is InChI=1S/C26H21N5O4/c1-17(20-14-8-9-15-21(20)25(33)34)28-29-22(32)16-31-26(35)27-23(18-10-4-2-5-11-18)24(30-31)19-12-6-3-7-13-19/h2-15H,16H2,1H3,(H,29,32)(H,33,34)/b28-17+. The summed E-state index contributed by atoms with van der Waals surface area (Å²) in [6.07, 6.45) is 0. The van der Waals surface area contributed by atoms with Crippen LogP contribution in [0.4, 0.5) is 0 Å². The molecule has 1 heterocycles. The van der Waals surface area contributed by atoms with Gasteiger partial charge in [0.15, 0.2) is 0 Å². The van der Waals surface area contributed by atoms with E-state index in [9.17, 15) is 19.5 Å². The molecule has 9 nitrogen and oxygen atoms in total. The van der Waals surface area contributed by atoms with Crippen LogP contribution < -0.4 is 11.1 Å². The minimum Gasteiger partial charge on any atom is -0.478 e. The number of aromatic nitrogens is 3. The van der Waals surface area contributed by atoms with E-state index in [4.69, 9.17) is 0 Å². The van der Waals surface area contributed by atoms with Gasteiger partial charge in [0.05, 0.1) is 11.3 Å². The molecule has 1 amide bonds. The van der Waals surface area contributed by atoms with Gasteiger partial charge in [0.1, 0.15) is 17.9 Å². The van der Waals surface area contributed by atoms with E-state index in [0.29, 0.717) is 22.7 Å². The fourth-order valence-corrected chi connectivity index (χ4v) is 3.47. The van der Waals surface area contributed by atoms with Crippen LogP contribution in [0, 0.1) is 0 Å². The summed E-state index contributed by atoms with van der Waals surface area (Å²) >= 11 is 0. The second kappa shape index (κ2) is 10.3. The van der Waals surface area contributed by atoms with Gasteiger partial charge in [0.25, 0.3) is 5.91 Å². The molecule has 1 aromatic heterocycles. The molecule has 0 aliphatic heterocycles. The molecule has 4 rings (SSSR count). The SMILES string of the molecule is C/C(=N\NC(=O)Cn1nc(-c2ccccc2)c(-c2ccccc2)nc1=O)c1ccccc1C(=O)O. The van der Waals surface area contributed by atoms with Crippen LogP contribution in [0.3, 0.4) is 0 Å². The van der Waals surface area contributed by atoms with Crippen LogP contribution in [0.5, 0.6) is 0 Å². The van der Waals surface area contributed by atoms with Crippen LogP contribution >= 0.6 is 0 Å². The summed E-state index contributed by atoms with van der Waals surface area (Å²) in [5.74, 6) is -1.71. The first-order valence-electron chi connectivity index (χ1n) is 10.7. The Labute approximate surface area is 200 Å². The highest BCUT2D eigenvalue weighted by atomic mass is 16.4. The minimum absolute atomic E-state index is 0.0640. The quantitative estimate of drug-likeness (QED) is 0.317. The number of hydrazone groups is 1. The van der Waals surface area contributed by atoms with Gasteiger partial charge in [-0.3, -0.25) is 4.79 Å². The normalized spacial score (nSPS) is 11.2. The Kier molecular flexibility index (Phi) is 6.87. The van der Waals surface area contributed by atoms with Gasteiger partial charge >= 0.3 is 11.7 Å². The number of hydrogen-bond donors (Lipinski definition) is 2. The molecule has 0 spiro atoms. The maximum atomic E-state index is 12.7. The van der Waals surface area contributed by atoms with E-state index in [1.165, 1.54) is 6.07 Å². The summed E-state index contributed by atoms with van der Waals surface area (Å²) in [6, 6.07) is 24.8. The minimum atomic E-state index is -1.10. The van der Waals surface area contributed by atoms with Crippen molar-refractivity contribution in [3.8, 4) is 22.5 Å². The van der Waals surface area contributed by atoms with Crippen LogP contribution in [-0.2, 0) is 11.3 Å². The molecule has 2 N–H and O–H groups in total. The topological polar surface area (TPSA) is 127 Å². The number of nitrogens with one attached hydrogen (secondary N) is 1. The van der Waals surface area contributed by atoms with Crippen LogP contribution in [0.2, 0.25) is 0 Å². The lowest BCUT2D eigenvalue weighted by Crippen LogP contribution is -2.34. The molecule has 35 heavy (non-hydrogen) atoms. The van der Waals surface area contributed by atoms with Crippen molar-refractivity contribution >= 4 is 17.6 Å². The maximum absolute atomic E-state index is 12.7. The molecular formula is C26H21N5O4. The van der Waals surface area contributed by atoms with Crippen molar-refractivity contribution in [3.63, 3.8) is 0 Å². The van der Waals surface area contributed by atoms with Crippen molar-refractivity contribution < 1.29 is 14.7 Å². The highest BCUT2D eigenvalue weighted by Crippen LogP contribution is 2.27. The predicted octanol–water partition coefficient (Wildman–Crippen LogP) is 3.21. The van der Waals surface area contributed by atoms with Crippen molar-refractivity contribution in [2.45, 2.75) is 13.5 Å². The highest BCUT2D eigenvalue weighted by molar-refractivity contribution is 6.07. The zero-order valence-corrected chi connectivity index (χ0v) is 18.8. The Hall–Kier alpha value is -4.92. The molecule has 0 fully saturated rings. The average Bonchev–Trinajstić information content (AvgIpc) is 2.89. The molecule has 174 valence electrons. The maximum Gasteiger partial charge on any atom is 0.365 e. The van der Waals surface area contributed by atoms with Crippen molar-refractivity contribution in [1.29, 1.82) is 0 Å². The number of nitrogens with zero attached hydrogens (tertiary/aromatic N) is 4. The molecule has 0 aliphatic carbocycles. The van der Waals surface area contributed by atoms with Crippen molar-refractivity contribution in [1.82, 2.24) is 20.2 Å². The molecule has 0 unspecified atom stereocenters.